The van der Waals surface area contributed by atoms with Crippen molar-refractivity contribution in [3.05, 3.63) is 47.0 Å². The third kappa shape index (κ3) is 2.48. The normalized spacial score (nSPS) is 17.6. The summed E-state index contributed by atoms with van der Waals surface area (Å²) < 4.78 is 0. The van der Waals surface area contributed by atoms with Crippen LogP contribution in [0.25, 0.3) is 21.8 Å². The fraction of sp³-hybridized carbons (Fsp3) is 0.333. The van der Waals surface area contributed by atoms with Crippen LogP contribution in [0.4, 0.5) is 5.69 Å². The highest BCUT2D eigenvalue weighted by atomic mass is 35.5. The summed E-state index contributed by atoms with van der Waals surface area (Å²) in [6, 6.07) is 11.6. The first-order valence-corrected chi connectivity index (χ1v) is 9.66. The Morgan fingerprint density at radius 2 is 1.85 bits per heavy atom. The van der Waals surface area contributed by atoms with E-state index in [1.807, 2.05) is 41.3 Å². The van der Waals surface area contributed by atoms with Gasteiger partial charge in [-0.3, -0.25) is 4.79 Å². The Hall–Kier alpha value is -2.17. The second kappa shape index (κ2) is 6.22. The minimum absolute atomic E-state index is 0.0721. The molecule has 2 aliphatic heterocycles. The van der Waals surface area contributed by atoms with Crippen LogP contribution in [-0.2, 0) is 0 Å². The van der Waals surface area contributed by atoms with E-state index >= 15 is 0 Å². The average Bonchev–Trinajstić information content (AvgIpc) is 2.95. The minimum Gasteiger partial charge on any atom is -0.306 e. The lowest BCUT2D eigenvalue weighted by Gasteiger charge is -2.28. The van der Waals surface area contributed by atoms with Crippen LogP contribution in [0.1, 0.15) is 29.6 Å². The lowest BCUT2D eigenvalue weighted by Crippen LogP contribution is -2.39. The zero-order chi connectivity index (χ0) is 17.7. The van der Waals surface area contributed by atoms with Crippen LogP contribution in [0.15, 0.2) is 36.4 Å². The smallest absolute Gasteiger partial charge is 0.259 e. The van der Waals surface area contributed by atoms with Gasteiger partial charge in [0.15, 0.2) is 0 Å². The third-order valence-electron chi connectivity index (χ3n) is 5.58. The molecule has 0 radical (unpaired) electrons. The van der Waals surface area contributed by atoms with Crippen LogP contribution in [0.2, 0.25) is 5.02 Å². The molecule has 5 heteroatoms. The molecule has 1 saturated heterocycles. The Balaban J connectivity index is 1.58. The van der Waals surface area contributed by atoms with Crippen LogP contribution in [-0.4, -0.2) is 42.0 Å². The molecule has 0 saturated carbocycles. The second-order valence-electron chi connectivity index (χ2n) is 7.18. The Kier molecular flexibility index (Phi) is 3.84. The first-order valence-electron chi connectivity index (χ1n) is 9.28. The maximum atomic E-state index is 13.3. The molecule has 3 aromatic rings. The van der Waals surface area contributed by atoms with Crippen molar-refractivity contribution in [2.24, 2.45) is 0 Å². The van der Waals surface area contributed by atoms with Gasteiger partial charge < -0.3 is 9.80 Å². The van der Waals surface area contributed by atoms with E-state index in [2.05, 4.69) is 4.90 Å². The standard InChI is InChI=1S/C21H20ClN3O/c22-14-7-8-16-15(13-14)19-20-17(23-16)5-4-6-18(20)25(21(19)26)12-11-24-9-2-1-3-10-24/h4-8,13H,1-3,9-12H2. The molecular weight excluding hydrogens is 346 g/mol. The van der Waals surface area contributed by atoms with Crippen molar-refractivity contribution in [3.8, 4) is 0 Å². The maximum Gasteiger partial charge on any atom is 0.259 e. The average molecular weight is 366 g/mol. The van der Waals surface area contributed by atoms with Crippen molar-refractivity contribution < 1.29 is 4.79 Å². The minimum atomic E-state index is 0.0721. The predicted octanol–water partition coefficient (Wildman–Crippen LogP) is 4.49. The molecule has 1 aromatic heterocycles. The number of carbonyl (C=O) groups is 1. The van der Waals surface area contributed by atoms with E-state index in [0.29, 0.717) is 11.6 Å². The summed E-state index contributed by atoms with van der Waals surface area (Å²) in [6.07, 6.45) is 3.84. The van der Waals surface area contributed by atoms with Crippen molar-refractivity contribution in [1.29, 1.82) is 0 Å². The van der Waals surface area contributed by atoms with Gasteiger partial charge in [-0.15, -0.1) is 0 Å². The molecule has 0 bridgehead atoms. The quantitative estimate of drug-likeness (QED) is 0.642. The Bertz CT molecular complexity index is 1030. The second-order valence-corrected chi connectivity index (χ2v) is 7.62. The molecule has 0 aliphatic carbocycles. The van der Waals surface area contributed by atoms with Crippen molar-refractivity contribution in [3.63, 3.8) is 0 Å². The molecule has 5 rings (SSSR count). The SMILES string of the molecule is O=C1c2c3cc(Cl)ccc3nc3cccc(c23)N1CCN1CCCCC1. The van der Waals surface area contributed by atoms with Crippen LogP contribution >= 0.6 is 11.6 Å². The number of hydrogen-bond donors (Lipinski definition) is 0. The lowest BCUT2D eigenvalue weighted by molar-refractivity contribution is 0.0990. The number of nitrogens with zero attached hydrogens (tertiary/aromatic N) is 3. The van der Waals surface area contributed by atoms with Crippen LogP contribution in [0, 0.1) is 0 Å². The molecule has 2 aliphatic rings. The highest BCUT2D eigenvalue weighted by Gasteiger charge is 2.32. The number of carbonyl (C=O) groups excluding carboxylic acids is 1. The van der Waals surface area contributed by atoms with Crippen molar-refractivity contribution in [2.75, 3.05) is 31.1 Å². The van der Waals surface area contributed by atoms with E-state index in [1.165, 1.54) is 19.3 Å². The fourth-order valence-corrected chi connectivity index (χ4v) is 4.46. The van der Waals surface area contributed by atoms with E-state index in [-0.39, 0.29) is 5.91 Å². The van der Waals surface area contributed by atoms with Gasteiger partial charge in [-0.25, -0.2) is 4.98 Å². The first-order chi connectivity index (χ1) is 12.7. The number of hydrogen-bond acceptors (Lipinski definition) is 3. The third-order valence-corrected chi connectivity index (χ3v) is 5.81. The summed E-state index contributed by atoms with van der Waals surface area (Å²) in [4.78, 5) is 22.5. The molecule has 26 heavy (non-hydrogen) atoms. The highest BCUT2D eigenvalue weighted by Crippen LogP contribution is 2.40. The Labute approximate surface area is 157 Å². The molecule has 0 N–H and O–H groups in total. The molecule has 0 unspecified atom stereocenters. The number of amides is 1. The molecule has 1 fully saturated rings. The molecule has 4 nitrogen and oxygen atoms in total. The number of aromatic nitrogens is 1. The number of anilines is 1. The highest BCUT2D eigenvalue weighted by molar-refractivity contribution is 6.33. The number of piperidine rings is 1. The number of pyridine rings is 1. The number of fused-ring (bicyclic) bond motifs is 2. The van der Waals surface area contributed by atoms with E-state index in [4.69, 9.17) is 16.6 Å². The summed E-state index contributed by atoms with van der Waals surface area (Å²) in [6.45, 7) is 3.91. The molecule has 3 heterocycles. The monoisotopic (exact) mass is 365 g/mol. The van der Waals surface area contributed by atoms with Crippen LogP contribution in [0.3, 0.4) is 0 Å². The van der Waals surface area contributed by atoms with Gasteiger partial charge in [-0.05, 0) is 56.3 Å². The van der Waals surface area contributed by atoms with Gasteiger partial charge >= 0.3 is 0 Å². The van der Waals surface area contributed by atoms with Crippen LogP contribution in [0.5, 0.6) is 0 Å². The number of benzene rings is 2. The number of rotatable bonds is 3. The van der Waals surface area contributed by atoms with Crippen LogP contribution < -0.4 is 4.90 Å². The summed E-state index contributed by atoms with van der Waals surface area (Å²) in [5.41, 5.74) is 3.43. The predicted molar refractivity (Wildman–Crippen MR) is 106 cm³/mol. The van der Waals surface area contributed by atoms with Gasteiger partial charge in [0.2, 0.25) is 0 Å². The summed E-state index contributed by atoms with van der Waals surface area (Å²) in [7, 11) is 0. The van der Waals surface area contributed by atoms with Crippen molar-refractivity contribution in [1.82, 2.24) is 9.88 Å². The number of likely N-dealkylation sites (tertiary alicyclic amines) is 1. The molecule has 0 spiro atoms. The molecule has 132 valence electrons. The fourth-order valence-electron chi connectivity index (χ4n) is 4.29. The molecule has 2 aromatic carbocycles. The summed E-state index contributed by atoms with van der Waals surface area (Å²) in [5, 5.41) is 2.45. The van der Waals surface area contributed by atoms with Crippen molar-refractivity contribution >= 4 is 45.0 Å². The number of halogens is 1. The molecule has 0 atom stereocenters. The summed E-state index contributed by atoms with van der Waals surface area (Å²) >= 11 is 6.20. The largest absolute Gasteiger partial charge is 0.306 e. The topological polar surface area (TPSA) is 36.4 Å². The zero-order valence-corrected chi connectivity index (χ0v) is 15.3. The zero-order valence-electron chi connectivity index (χ0n) is 14.5. The van der Waals surface area contributed by atoms with Gasteiger partial charge in [0.1, 0.15) is 0 Å². The van der Waals surface area contributed by atoms with E-state index in [1.54, 1.807) is 0 Å². The maximum absolute atomic E-state index is 13.3. The first kappa shape index (κ1) is 16.0. The Morgan fingerprint density at radius 1 is 1.00 bits per heavy atom. The Morgan fingerprint density at radius 3 is 2.69 bits per heavy atom. The van der Waals surface area contributed by atoms with E-state index in [0.717, 1.165) is 52.7 Å². The summed E-state index contributed by atoms with van der Waals surface area (Å²) in [5.74, 6) is 0.0721. The van der Waals surface area contributed by atoms with Gasteiger partial charge in [0, 0.05) is 28.9 Å². The van der Waals surface area contributed by atoms with Gasteiger partial charge in [-0.2, -0.15) is 0 Å². The van der Waals surface area contributed by atoms with Gasteiger partial charge in [0.05, 0.1) is 22.3 Å². The van der Waals surface area contributed by atoms with E-state index in [9.17, 15) is 4.79 Å². The van der Waals surface area contributed by atoms with E-state index < -0.39 is 0 Å². The van der Waals surface area contributed by atoms with Gasteiger partial charge in [0.25, 0.3) is 5.91 Å². The van der Waals surface area contributed by atoms with Crippen molar-refractivity contribution in [2.45, 2.75) is 19.3 Å². The molecular formula is C21H20ClN3O. The van der Waals surface area contributed by atoms with Gasteiger partial charge in [-0.1, -0.05) is 24.1 Å². The lowest BCUT2D eigenvalue weighted by atomic mass is 10.0. The molecule has 1 amide bonds.